The summed E-state index contributed by atoms with van der Waals surface area (Å²) in [5.74, 6) is 0.372. The number of hydrogen-bond acceptors (Lipinski definition) is 4. The first kappa shape index (κ1) is 22.4. The quantitative estimate of drug-likeness (QED) is 0.549. The number of para-hydroxylation sites is 1. The maximum absolute atomic E-state index is 12.6. The predicted molar refractivity (Wildman–Crippen MR) is 122 cm³/mol. The molecule has 7 heteroatoms. The SMILES string of the molecule is Cc1ccc(OCC(C)NC(=O)c2cccc(S(=O)(=O)Nc3ccccc3)c2)cc1C. The third kappa shape index (κ3) is 6.08. The van der Waals surface area contributed by atoms with E-state index in [4.69, 9.17) is 4.74 Å². The topological polar surface area (TPSA) is 84.5 Å². The van der Waals surface area contributed by atoms with Crippen LogP contribution in [0.2, 0.25) is 0 Å². The van der Waals surface area contributed by atoms with Gasteiger partial charge in [-0.05, 0) is 74.4 Å². The highest BCUT2D eigenvalue weighted by molar-refractivity contribution is 7.92. The lowest BCUT2D eigenvalue weighted by Crippen LogP contribution is -2.36. The Morgan fingerprint density at radius 2 is 1.68 bits per heavy atom. The van der Waals surface area contributed by atoms with E-state index in [1.807, 2.05) is 39.0 Å². The average Bonchev–Trinajstić information content (AvgIpc) is 2.75. The molecule has 0 aliphatic heterocycles. The van der Waals surface area contributed by atoms with Crippen LogP contribution in [0.25, 0.3) is 0 Å². The Bertz CT molecular complexity index is 1160. The standard InChI is InChI=1S/C24H26N2O4S/c1-17-12-13-22(14-18(17)2)30-16-19(3)25-24(27)20-8-7-11-23(15-20)31(28,29)26-21-9-5-4-6-10-21/h4-15,19,26H,16H2,1-3H3,(H,25,27). The molecule has 0 aliphatic carbocycles. The largest absolute Gasteiger partial charge is 0.491 e. The Balaban J connectivity index is 1.63. The first-order valence-corrected chi connectivity index (χ1v) is 11.4. The van der Waals surface area contributed by atoms with Crippen molar-refractivity contribution in [3.8, 4) is 5.75 Å². The fourth-order valence-corrected chi connectivity index (χ4v) is 4.00. The molecule has 3 aromatic rings. The van der Waals surface area contributed by atoms with Gasteiger partial charge in [0.2, 0.25) is 0 Å². The van der Waals surface area contributed by atoms with Crippen molar-refractivity contribution in [1.82, 2.24) is 5.32 Å². The number of amides is 1. The second-order valence-corrected chi connectivity index (χ2v) is 9.11. The molecule has 0 fully saturated rings. The van der Waals surface area contributed by atoms with E-state index in [-0.39, 0.29) is 22.4 Å². The van der Waals surface area contributed by atoms with Crippen LogP contribution in [0.4, 0.5) is 5.69 Å². The van der Waals surface area contributed by atoms with Crippen molar-refractivity contribution in [3.05, 3.63) is 89.5 Å². The van der Waals surface area contributed by atoms with Gasteiger partial charge in [-0.15, -0.1) is 0 Å². The summed E-state index contributed by atoms with van der Waals surface area (Å²) in [5.41, 5.74) is 3.03. The molecular weight excluding hydrogens is 412 g/mol. The van der Waals surface area contributed by atoms with E-state index >= 15 is 0 Å². The normalized spacial score (nSPS) is 12.1. The molecule has 0 spiro atoms. The monoisotopic (exact) mass is 438 g/mol. The summed E-state index contributed by atoms with van der Waals surface area (Å²) in [6.07, 6.45) is 0. The lowest BCUT2D eigenvalue weighted by molar-refractivity contribution is 0.0926. The van der Waals surface area contributed by atoms with Gasteiger partial charge in [0.25, 0.3) is 15.9 Å². The van der Waals surface area contributed by atoms with Gasteiger partial charge in [0, 0.05) is 11.3 Å². The Hall–Kier alpha value is -3.32. The lowest BCUT2D eigenvalue weighted by Gasteiger charge is -2.16. The molecule has 1 amide bonds. The zero-order valence-electron chi connectivity index (χ0n) is 17.8. The molecule has 3 rings (SSSR count). The molecule has 0 radical (unpaired) electrons. The van der Waals surface area contributed by atoms with Crippen molar-refractivity contribution >= 4 is 21.6 Å². The summed E-state index contributed by atoms with van der Waals surface area (Å²) in [5, 5.41) is 2.84. The highest BCUT2D eigenvalue weighted by atomic mass is 32.2. The number of anilines is 1. The number of benzene rings is 3. The third-order valence-corrected chi connectivity index (χ3v) is 6.17. The van der Waals surface area contributed by atoms with Gasteiger partial charge in [-0.2, -0.15) is 0 Å². The number of sulfonamides is 1. The number of carbonyl (C=O) groups excluding carboxylic acids is 1. The summed E-state index contributed by atoms with van der Waals surface area (Å²) < 4.78 is 33.6. The first-order valence-electron chi connectivity index (χ1n) is 9.93. The summed E-state index contributed by atoms with van der Waals surface area (Å²) >= 11 is 0. The molecule has 0 aliphatic rings. The fraction of sp³-hybridized carbons (Fsp3) is 0.208. The minimum atomic E-state index is -3.81. The fourth-order valence-electron chi connectivity index (χ4n) is 2.90. The van der Waals surface area contributed by atoms with E-state index in [1.54, 1.807) is 42.5 Å². The van der Waals surface area contributed by atoms with E-state index in [1.165, 1.54) is 17.7 Å². The van der Waals surface area contributed by atoms with Gasteiger partial charge in [0.1, 0.15) is 12.4 Å². The van der Waals surface area contributed by atoms with Crippen molar-refractivity contribution in [2.75, 3.05) is 11.3 Å². The number of nitrogens with one attached hydrogen (secondary N) is 2. The molecule has 0 heterocycles. The van der Waals surface area contributed by atoms with Crippen LogP contribution >= 0.6 is 0 Å². The minimum Gasteiger partial charge on any atom is -0.491 e. The molecule has 2 N–H and O–H groups in total. The smallest absolute Gasteiger partial charge is 0.261 e. The second-order valence-electron chi connectivity index (χ2n) is 7.43. The number of ether oxygens (including phenoxy) is 1. The molecular formula is C24H26N2O4S. The molecule has 1 unspecified atom stereocenters. The van der Waals surface area contributed by atoms with Gasteiger partial charge >= 0.3 is 0 Å². The van der Waals surface area contributed by atoms with E-state index in [0.717, 1.165) is 11.3 Å². The number of carbonyl (C=O) groups is 1. The Kier molecular flexibility index (Phi) is 6.97. The van der Waals surface area contributed by atoms with Crippen LogP contribution in [0.3, 0.4) is 0 Å². The Morgan fingerprint density at radius 3 is 2.39 bits per heavy atom. The zero-order valence-corrected chi connectivity index (χ0v) is 18.6. The number of hydrogen-bond donors (Lipinski definition) is 2. The molecule has 0 saturated heterocycles. The molecule has 1 atom stereocenters. The van der Waals surface area contributed by atoms with Gasteiger partial charge in [-0.3, -0.25) is 9.52 Å². The van der Waals surface area contributed by atoms with Crippen molar-refractivity contribution in [1.29, 1.82) is 0 Å². The van der Waals surface area contributed by atoms with Crippen LogP contribution in [0.5, 0.6) is 5.75 Å². The van der Waals surface area contributed by atoms with E-state index in [9.17, 15) is 13.2 Å². The average molecular weight is 439 g/mol. The predicted octanol–water partition coefficient (Wildman–Crippen LogP) is 4.30. The Labute approximate surface area is 183 Å². The van der Waals surface area contributed by atoms with Crippen LogP contribution in [0.1, 0.15) is 28.4 Å². The summed E-state index contributed by atoms with van der Waals surface area (Å²) in [6, 6.07) is 20.1. The molecule has 3 aromatic carbocycles. The van der Waals surface area contributed by atoms with E-state index in [2.05, 4.69) is 10.0 Å². The van der Waals surface area contributed by atoms with Gasteiger partial charge in [-0.1, -0.05) is 30.3 Å². The maximum Gasteiger partial charge on any atom is 0.261 e. The molecule has 0 saturated carbocycles. The van der Waals surface area contributed by atoms with E-state index < -0.39 is 10.0 Å². The zero-order chi connectivity index (χ0) is 22.4. The third-order valence-electron chi connectivity index (χ3n) is 4.79. The van der Waals surface area contributed by atoms with Gasteiger partial charge in [0.15, 0.2) is 0 Å². The van der Waals surface area contributed by atoms with Crippen LogP contribution in [0, 0.1) is 13.8 Å². The summed E-state index contributed by atoms with van der Waals surface area (Å²) in [4.78, 5) is 12.6. The molecule has 162 valence electrons. The highest BCUT2D eigenvalue weighted by Gasteiger charge is 2.17. The van der Waals surface area contributed by atoms with Crippen molar-refractivity contribution in [2.45, 2.75) is 31.7 Å². The van der Waals surface area contributed by atoms with E-state index in [0.29, 0.717) is 12.3 Å². The van der Waals surface area contributed by atoms with Crippen LogP contribution < -0.4 is 14.8 Å². The maximum atomic E-state index is 12.6. The van der Waals surface area contributed by atoms with Gasteiger partial charge in [0.05, 0.1) is 10.9 Å². The minimum absolute atomic E-state index is 0.0167. The van der Waals surface area contributed by atoms with Crippen molar-refractivity contribution in [3.63, 3.8) is 0 Å². The lowest BCUT2D eigenvalue weighted by atomic mass is 10.1. The van der Waals surface area contributed by atoms with Crippen molar-refractivity contribution in [2.24, 2.45) is 0 Å². The Morgan fingerprint density at radius 1 is 0.935 bits per heavy atom. The second kappa shape index (κ2) is 9.66. The molecule has 6 nitrogen and oxygen atoms in total. The van der Waals surface area contributed by atoms with Crippen LogP contribution in [-0.4, -0.2) is 27.0 Å². The van der Waals surface area contributed by atoms with Gasteiger partial charge in [-0.25, -0.2) is 8.42 Å². The highest BCUT2D eigenvalue weighted by Crippen LogP contribution is 2.18. The van der Waals surface area contributed by atoms with Crippen LogP contribution in [-0.2, 0) is 10.0 Å². The number of rotatable bonds is 8. The molecule has 0 bridgehead atoms. The summed E-state index contributed by atoms with van der Waals surface area (Å²) in [7, 11) is -3.81. The molecule has 0 aromatic heterocycles. The number of aryl methyl sites for hydroxylation is 2. The first-order chi connectivity index (χ1) is 14.7. The van der Waals surface area contributed by atoms with Gasteiger partial charge < -0.3 is 10.1 Å². The van der Waals surface area contributed by atoms with Crippen LogP contribution in [0.15, 0.2) is 77.7 Å². The summed E-state index contributed by atoms with van der Waals surface area (Å²) in [6.45, 7) is 6.17. The molecule has 31 heavy (non-hydrogen) atoms. The van der Waals surface area contributed by atoms with Crippen molar-refractivity contribution < 1.29 is 17.9 Å².